The summed E-state index contributed by atoms with van der Waals surface area (Å²) in [6, 6.07) is 1.57. The van der Waals surface area contributed by atoms with Crippen molar-refractivity contribution in [3.05, 3.63) is 29.3 Å². The van der Waals surface area contributed by atoms with Gasteiger partial charge in [-0.15, -0.1) is 12.4 Å². The smallest absolute Gasteiger partial charge is 0.167 e. The molecule has 0 saturated carbocycles. The summed E-state index contributed by atoms with van der Waals surface area (Å²) in [5.74, 6) is -1.36. The summed E-state index contributed by atoms with van der Waals surface area (Å²) in [5, 5.41) is 0. The molecule has 1 aromatic rings. The lowest BCUT2D eigenvalue weighted by Crippen LogP contribution is -2.08. The van der Waals surface area contributed by atoms with Gasteiger partial charge >= 0.3 is 0 Å². The molecule has 80 valence electrons. The molecule has 2 N–H and O–H groups in total. The predicted molar refractivity (Wildman–Crippen MR) is 52.8 cm³/mol. The zero-order valence-corrected chi connectivity index (χ0v) is 8.70. The van der Waals surface area contributed by atoms with Crippen LogP contribution in [0.4, 0.5) is 8.78 Å². The second-order valence-corrected chi connectivity index (χ2v) is 2.80. The number of ether oxygens (including phenoxy) is 1. The summed E-state index contributed by atoms with van der Waals surface area (Å²) < 4.78 is 30.6. The number of methoxy groups -OCH3 is 1. The first kappa shape index (κ1) is 13.1. The standard InChI is InChI=1S/C9H11F2NO.ClH/c1-5(12)6-3-9(13-2)8(11)4-7(6)10;/h3-5H,12H2,1-2H3;1H. The Hall–Kier alpha value is -0.870. The van der Waals surface area contributed by atoms with Crippen LogP contribution < -0.4 is 10.5 Å². The number of benzene rings is 1. The molecule has 1 atom stereocenters. The van der Waals surface area contributed by atoms with Gasteiger partial charge in [-0.2, -0.15) is 0 Å². The van der Waals surface area contributed by atoms with E-state index in [1.165, 1.54) is 13.2 Å². The van der Waals surface area contributed by atoms with Crippen molar-refractivity contribution in [2.75, 3.05) is 7.11 Å². The molecular formula is C9H12ClF2NO. The zero-order chi connectivity index (χ0) is 10.0. The Kier molecular flexibility index (Phi) is 4.80. The predicted octanol–water partition coefficient (Wildman–Crippen LogP) is 2.41. The Balaban J connectivity index is 0.00000169. The van der Waals surface area contributed by atoms with Crippen molar-refractivity contribution in [2.24, 2.45) is 5.73 Å². The van der Waals surface area contributed by atoms with Gasteiger partial charge < -0.3 is 10.5 Å². The van der Waals surface area contributed by atoms with Crippen molar-refractivity contribution in [2.45, 2.75) is 13.0 Å². The van der Waals surface area contributed by atoms with Gasteiger partial charge in [0, 0.05) is 17.7 Å². The van der Waals surface area contributed by atoms with Crippen LogP contribution in [0.25, 0.3) is 0 Å². The molecule has 2 nitrogen and oxygen atoms in total. The van der Waals surface area contributed by atoms with Crippen LogP contribution >= 0.6 is 12.4 Å². The van der Waals surface area contributed by atoms with Gasteiger partial charge in [0.15, 0.2) is 11.6 Å². The lowest BCUT2D eigenvalue weighted by molar-refractivity contribution is 0.382. The SMILES string of the molecule is COc1cc(C(C)N)c(F)cc1F.Cl. The van der Waals surface area contributed by atoms with E-state index >= 15 is 0 Å². The van der Waals surface area contributed by atoms with Crippen molar-refractivity contribution >= 4 is 12.4 Å². The summed E-state index contributed by atoms with van der Waals surface area (Å²) in [6.07, 6.45) is 0. The molecule has 0 radical (unpaired) electrons. The molecule has 0 amide bonds. The van der Waals surface area contributed by atoms with E-state index in [0.29, 0.717) is 0 Å². The van der Waals surface area contributed by atoms with Gasteiger partial charge in [0.25, 0.3) is 0 Å². The third-order valence-corrected chi connectivity index (χ3v) is 1.76. The monoisotopic (exact) mass is 223 g/mol. The van der Waals surface area contributed by atoms with Crippen LogP contribution in [0.15, 0.2) is 12.1 Å². The van der Waals surface area contributed by atoms with Crippen molar-refractivity contribution in [1.82, 2.24) is 0 Å². The van der Waals surface area contributed by atoms with Gasteiger partial charge in [-0.05, 0) is 13.0 Å². The van der Waals surface area contributed by atoms with E-state index in [4.69, 9.17) is 10.5 Å². The van der Waals surface area contributed by atoms with Crippen LogP contribution in [-0.2, 0) is 0 Å². The maximum Gasteiger partial charge on any atom is 0.167 e. The van der Waals surface area contributed by atoms with Gasteiger partial charge in [-0.1, -0.05) is 0 Å². The fourth-order valence-corrected chi connectivity index (χ4v) is 1.05. The molecule has 0 aromatic heterocycles. The van der Waals surface area contributed by atoms with Crippen LogP contribution in [-0.4, -0.2) is 7.11 Å². The van der Waals surface area contributed by atoms with Crippen LogP contribution in [0.3, 0.4) is 0 Å². The Morgan fingerprint density at radius 1 is 1.29 bits per heavy atom. The summed E-state index contributed by atoms with van der Waals surface area (Å²) in [4.78, 5) is 0. The van der Waals surface area contributed by atoms with Gasteiger partial charge in [0.2, 0.25) is 0 Å². The molecule has 0 saturated heterocycles. The average molecular weight is 224 g/mol. The molecule has 1 aromatic carbocycles. The molecule has 0 heterocycles. The normalized spacial score (nSPS) is 11.8. The number of hydrogen-bond donors (Lipinski definition) is 1. The quantitative estimate of drug-likeness (QED) is 0.836. The first-order chi connectivity index (χ1) is 6.06. The molecule has 1 unspecified atom stereocenters. The number of nitrogens with two attached hydrogens (primary N) is 1. The number of halogens is 3. The lowest BCUT2D eigenvalue weighted by Gasteiger charge is -2.09. The Bertz CT molecular complexity index is 318. The van der Waals surface area contributed by atoms with Gasteiger partial charge in [0.05, 0.1) is 7.11 Å². The van der Waals surface area contributed by atoms with E-state index in [9.17, 15) is 8.78 Å². The van der Waals surface area contributed by atoms with E-state index in [2.05, 4.69) is 0 Å². The summed E-state index contributed by atoms with van der Waals surface area (Å²) in [6.45, 7) is 1.62. The second kappa shape index (κ2) is 5.12. The minimum Gasteiger partial charge on any atom is -0.494 e. The Labute approximate surface area is 87.5 Å². The molecule has 0 aliphatic rings. The Morgan fingerprint density at radius 2 is 1.86 bits per heavy atom. The summed E-state index contributed by atoms with van der Waals surface area (Å²) in [7, 11) is 1.32. The van der Waals surface area contributed by atoms with Crippen molar-refractivity contribution in [3.63, 3.8) is 0 Å². The molecule has 0 spiro atoms. The second-order valence-electron chi connectivity index (χ2n) is 2.80. The molecule has 1 rings (SSSR count). The first-order valence-electron chi connectivity index (χ1n) is 3.84. The first-order valence-corrected chi connectivity index (χ1v) is 3.84. The summed E-state index contributed by atoms with van der Waals surface area (Å²) in [5.41, 5.74) is 5.72. The Morgan fingerprint density at radius 3 is 2.29 bits per heavy atom. The van der Waals surface area contributed by atoms with Crippen molar-refractivity contribution in [1.29, 1.82) is 0 Å². The highest BCUT2D eigenvalue weighted by Crippen LogP contribution is 2.24. The van der Waals surface area contributed by atoms with E-state index < -0.39 is 17.7 Å². The molecule has 0 bridgehead atoms. The van der Waals surface area contributed by atoms with E-state index in [-0.39, 0.29) is 23.7 Å². The fourth-order valence-electron chi connectivity index (χ4n) is 1.05. The molecule has 0 aliphatic carbocycles. The summed E-state index contributed by atoms with van der Waals surface area (Å²) >= 11 is 0. The minimum absolute atomic E-state index is 0. The van der Waals surface area contributed by atoms with E-state index in [0.717, 1.165) is 6.07 Å². The van der Waals surface area contributed by atoms with Gasteiger partial charge in [-0.3, -0.25) is 0 Å². The van der Waals surface area contributed by atoms with Crippen molar-refractivity contribution < 1.29 is 13.5 Å². The number of hydrogen-bond acceptors (Lipinski definition) is 2. The molecule has 5 heteroatoms. The molecular weight excluding hydrogens is 212 g/mol. The third kappa shape index (κ3) is 2.56. The minimum atomic E-state index is -0.718. The number of rotatable bonds is 2. The van der Waals surface area contributed by atoms with E-state index in [1.807, 2.05) is 0 Å². The highest BCUT2D eigenvalue weighted by Gasteiger charge is 2.12. The van der Waals surface area contributed by atoms with Crippen molar-refractivity contribution in [3.8, 4) is 5.75 Å². The maximum absolute atomic E-state index is 13.0. The lowest BCUT2D eigenvalue weighted by atomic mass is 10.1. The molecule has 0 fully saturated rings. The van der Waals surface area contributed by atoms with Crippen LogP contribution in [0.2, 0.25) is 0 Å². The molecule has 0 aliphatic heterocycles. The highest BCUT2D eigenvalue weighted by atomic mass is 35.5. The largest absolute Gasteiger partial charge is 0.494 e. The molecule has 14 heavy (non-hydrogen) atoms. The van der Waals surface area contributed by atoms with Gasteiger partial charge in [-0.25, -0.2) is 8.78 Å². The van der Waals surface area contributed by atoms with E-state index in [1.54, 1.807) is 6.92 Å². The van der Waals surface area contributed by atoms with Gasteiger partial charge in [0.1, 0.15) is 5.82 Å². The topological polar surface area (TPSA) is 35.2 Å². The average Bonchev–Trinajstić information content (AvgIpc) is 2.03. The van der Waals surface area contributed by atoms with Crippen LogP contribution in [0.1, 0.15) is 18.5 Å². The third-order valence-electron chi connectivity index (χ3n) is 1.76. The maximum atomic E-state index is 13.0. The van der Waals surface area contributed by atoms with Crippen LogP contribution in [0.5, 0.6) is 5.75 Å². The zero-order valence-electron chi connectivity index (χ0n) is 7.88. The fraction of sp³-hybridized carbons (Fsp3) is 0.333. The highest BCUT2D eigenvalue weighted by molar-refractivity contribution is 5.85. The van der Waals surface area contributed by atoms with Crippen LogP contribution in [0, 0.1) is 11.6 Å².